The first-order valence-corrected chi connectivity index (χ1v) is 9.87. The molecule has 1 fully saturated rings. The van der Waals surface area contributed by atoms with Crippen molar-refractivity contribution in [3.63, 3.8) is 0 Å². The van der Waals surface area contributed by atoms with Gasteiger partial charge in [-0.15, -0.1) is 23.1 Å². The van der Waals surface area contributed by atoms with Crippen LogP contribution in [-0.2, 0) is 25.5 Å². The molecule has 0 spiro atoms. The maximum atomic E-state index is 12.5. The molecular weight excluding hydrogens is 376 g/mol. The van der Waals surface area contributed by atoms with Crippen LogP contribution in [0.15, 0.2) is 41.4 Å². The van der Waals surface area contributed by atoms with Crippen molar-refractivity contribution in [2.45, 2.75) is 17.8 Å². The third-order valence-electron chi connectivity index (χ3n) is 4.00. The number of hydrogen-bond acceptors (Lipinski definition) is 7. The zero-order chi connectivity index (χ0) is 18.7. The Balaban J connectivity index is 1.69. The summed E-state index contributed by atoms with van der Waals surface area (Å²) in [7, 11) is 0. The van der Waals surface area contributed by atoms with Crippen molar-refractivity contribution < 1.29 is 24.2 Å². The Morgan fingerprint density at radius 2 is 2.31 bits per heavy atom. The first-order chi connectivity index (χ1) is 12.6. The van der Waals surface area contributed by atoms with Crippen molar-refractivity contribution in [3.8, 4) is 0 Å². The summed E-state index contributed by atoms with van der Waals surface area (Å²) in [6, 6.07) is 3.04. The van der Waals surface area contributed by atoms with E-state index in [0.717, 1.165) is 4.88 Å². The van der Waals surface area contributed by atoms with Crippen molar-refractivity contribution in [3.05, 3.63) is 46.3 Å². The molecule has 1 aromatic rings. The fourth-order valence-corrected chi connectivity index (χ4v) is 4.83. The van der Waals surface area contributed by atoms with Crippen molar-refractivity contribution >= 4 is 40.9 Å². The molecule has 2 atom stereocenters. The van der Waals surface area contributed by atoms with Gasteiger partial charge in [-0.25, -0.2) is 4.79 Å². The number of fused-ring (bicyclic) bond motifs is 1. The summed E-state index contributed by atoms with van der Waals surface area (Å²) in [5.74, 6) is -0.895. The summed E-state index contributed by atoms with van der Waals surface area (Å²) in [6.07, 6.45) is 1.64. The molecule has 0 unspecified atom stereocenters. The Bertz CT molecular complexity index is 759. The minimum atomic E-state index is -0.685. The van der Waals surface area contributed by atoms with E-state index in [4.69, 9.17) is 4.74 Å². The number of nitrogens with zero attached hydrogens (tertiary/aromatic N) is 1. The average Bonchev–Trinajstić information content (AvgIpc) is 3.15. The molecule has 3 rings (SSSR count). The molecule has 2 amide bonds. The summed E-state index contributed by atoms with van der Waals surface area (Å²) < 4.78 is 5.04. The lowest BCUT2D eigenvalue weighted by Gasteiger charge is -2.49. The van der Waals surface area contributed by atoms with Gasteiger partial charge in [0.2, 0.25) is 5.91 Å². The van der Waals surface area contributed by atoms with Crippen molar-refractivity contribution in [2.75, 3.05) is 19.0 Å². The zero-order valence-electron chi connectivity index (χ0n) is 13.8. The molecular formula is C17H18N2O5S2. The SMILES string of the molecule is C=CCOC(=O)C1=C(CO)CS[C@@H]2[C@H](NC(=O)Cc3cccs3)C(=O)N12. The second-order valence-corrected chi connectivity index (χ2v) is 7.85. The van der Waals surface area contributed by atoms with Gasteiger partial charge in [-0.05, 0) is 17.0 Å². The Morgan fingerprint density at radius 3 is 2.96 bits per heavy atom. The highest BCUT2D eigenvalue weighted by atomic mass is 32.2. The van der Waals surface area contributed by atoms with Gasteiger partial charge in [-0.1, -0.05) is 18.7 Å². The second kappa shape index (κ2) is 8.07. The minimum absolute atomic E-state index is 0.0157. The molecule has 0 aromatic carbocycles. The molecule has 2 aliphatic heterocycles. The van der Waals surface area contributed by atoms with Crippen LogP contribution < -0.4 is 5.32 Å². The maximum Gasteiger partial charge on any atom is 0.355 e. The van der Waals surface area contributed by atoms with Gasteiger partial charge in [-0.3, -0.25) is 14.5 Å². The summed E-state index contributed by atoms with van der Waals surface area (Å²) in [6.45, 7) is 3.16. The number of ether oxygens (including phenoxy) is 1. The van der Waals surface area contributed by atoms with E-state index in [9.17, 15) is 19.5 Å². The lowest BCUT2D eigenvalue weighted by atomic mass is 10.0. The molecule has 7 nitrogen and oxygen atoms in total. The van der Waals surface area contributed by atoms with E-state index in [1.54, 1.807) is 0 Å². The molecule has 2 N–H and O–H groups in total. The van der Waals surface area contributed by atoms with Gasteiger partial charge < -0.3 is 15.2 Å². The first kappa shape index (κ1) is 18.7. The molecule has 0 aliphatic carbocycles. The molecule has 3 heterocycles. The molecule has 138 valence electrons. The third kappa shape index (κ3) is 3.55. The highest BCUT2D eigenvalue weighted by Gasteiger charge is 2.54. The fraction of sp³-hybridized carbons (Fsp3) is 0.353. The van der Waals surface area contributed by atoms with E-state index >= 15 is 0 Å². The number of thiophene rings is 1. The molecule has 1 saturated heterocycles. The van der Waals surface area contributed by atoms with Crippen LogP contribution in [0.5, 0.6) is 0 Å². The van der Waals surface area contributed by atoms with Crippen molar-refractivity contribution in [2.24, 2.45) is 0 Å². The van der Waals surface area contributed by atoms with Gasteiger partial charge in [-0.2, -0.15) is 0 Å². The Kier molecular flexibility index (Phi) is 5.80. The van der Waals surface area contributed by atoms with E-state index in [0.29, 0.717) is 11.3 Å². The number of thioether (sulfide) groups is 1. The molecule has 1 aromatic heterocycles. The fourth-order valence-electron chi connectivity index (χ4n) is 2.79. The Hall–Kier alpha value is -2.10. The van der Waals surface area contributed by atoms with Gasteiger partial charge in [0.15, 0.2) is 0 Å². The van der Waals surface area contributed by atoms with Crippen LogP contribution in [0.3, 0.4) is 0 Å². The monoisotopic (exact) mass is 394 g/mol. The molecule has 2 aliphatic rings. The van der Waals surface area contributed by atoms with Gasteiger partial charge in [0.25, 0.3) is 5.91 Å². The highest BCUT2D eigenvalue weighted by Crippen LogP contribution is 2.40. The van der Waals surface area contributed by atoms with E-state index in [1.807, 2.05) is 17.5 Å². The average molecular weight is 394 g/mol. The quantitative estimate of drug-likeness (QED) is 0.401. The van der Waals surface area contributed by atoms with Crippen LogP contribution >= 0.6 is 23.1 Å². The van der Waals surface area contributed by atoms with E-state index < -0.39 is 12.0 Å². The Morgan fingerprint density at radius 1 is 1.50 bits per heavy atom. The first-order valence-electron chi connectivity index (χ1n) is 7.94. The third-order valence-corrected chi connectivity index (χ3v) is 6.21. The largest absolute Gasteiger partial charge is 0.457 e. The van der Waals surface area contributed by atoms with E-state index in [2.05, 4.69) is 11.9 Å². The zero-order valence-corrected chi connectivity index (χ0v) is 15.5. The van der Waals surface area contributed by atoms with Crippen LogP contribution in [-0.4, -0.2) is 58.2 Å². The number of nitrogens with one attached hydrogen (secondary N) is 1. The number of β-lactam (4-membered cyclic amide) rings is 1. The summed E-state index contributed by atoms with van der Waals surface area (Å²) in [5.41, 5.74) is 0.517. The molecule has 9 heteroatoms. The number of hydrogen-bond donors (Lipinski definition) is 2. The predicted molar refractivity (Wildman–Crippen MR) is 98.3 cm³/mol. The van der Waals surface area contributed by atoms with Gasteiger partial charge >= 0.3 is 5.97 Å². The number of rotatable bonds is 7. The van der Waals surface area contributed by atoms with Gasteiger partial charge in [0, 0.05) is 10.6 Å². The minimum Gasteiger partial charge on any atom is -0.457 e. The smallest absolute Gasteiger partial charge is 0.355 e. The Labute approximate surface area is 158 Å². The lowest BCUT2D eigenvalue weighted by Crippen LogP contribution is -2.70. The summed E-state index contributed by atoms with van der Waals surface area (Å²) in [5, 5.41) is 13.7. The maximum absolute atomic E-state index is 12.5. The van der Waals surface area contributed by atoms with Crippen LogP contribution in [0.25, 0.3) is 0 Å². The van der Waals surface area contributed by atoms with E-state index in [-0.39, 0.29) is 42.5 Å². The van der Waals surface area contributed by atoms with Crippen LogP contribution in [0, 0.1) is 0 Å². The van der Waals surface area contributed by atoms with Crippen LogP contribution in [0.1, 0.15) is 4.88 Å². The topological polar surface area (TPSA) is 95.9 Å². The molecule has 26 heavy (non-hydrogen) atoms. The number of carbonyl (C=O) groups excluding carboxylic acids is 3. The summed E-state index contributed by atoms with van der Waals surface area (Å²) >= 11 is 2.88. The number of carbonyl (C=O) groups is 3. The standard InChI is InChI=1S/C17H18N2O5S2/c1-2-5-24-17(23)14-10(8-20)9-26-16-13(15(22)19(14)16)18-12(21)7-11-4-3-6-25-11/h2-4,6,13,16,20H,1,5,7-9H2,(H,18,21)/t13-,16-/m1/s1. The number of esters is 1. The summed E-state index contributed by atoms with van der Waals surface area (Å²) in [4.78, 5) is 39.2. The predicted octanol–water partition coefficient (Wildman–Crippen LogP) is 0.666. The second-order valence-electron chi connectivity index (χ2n) is 5.71. The van der Waals surface area contributed by atoms with Crippen molar-refractivity contribution in [1.82, 2.24) is 10.2 Å². The molecule has 0 bridgehead atoms. The van der Waals surface area contributed by atoms with Crippen molar-refractivity contribution in [1.29, 1.82) is 0 Å². The van der Waals surface area contributed by atoms with Gasteiger partial charge in [0.05, 0.1) is 13.0 Å². The normalized spacial score (nSPS) is 21.7. The lowest BCUT2D eigenvalue weighted by molar-refractivity contribution is -0.152. The number of aliphatic hydroxyl groups is 1. The van der Waals surface area contributed by atoms with Crippen LogP contribution in [0.2, 0.25) is 0 Å². The van der Waals surface area contributed by atoms with Crippen LogP contribution in [0.4, 0.5) is 0 Å². The molecule has 0 radical (unpaired) electrons. The van der Waals surface area contributed by atoms with E-state index in [1.165, 1.54) is 34.1 Å². The highest BCUT2D eigenvalue weighted by molar-refractivity contribution is 8.00. The molecule has 0 saturated carbocycles. The number of aliphatic hydroxyl groups excluding tert-OH is 1. The van der Waals surface area contributed by atoms with Gasteiger partial charge in [0.1, 0.15) is 23.7 Å². The number of amides is 2.